The molecule has 4 heteroatoms. The highest BCUT2D eigenvalue weighted by molar-refractivity contribution is 6.02. The third-order valence-electron chi connectivity index (χ3n) is 2.88. The van der Waals surface area contributed by atoms with Crippen molar-refractivity contribution in [3.05, 3.63) is 41.0 Å². The molecular weight excluding hydrogens is 231 g/mol. The van der Waals surface area contributed by atoms with Gasteiger partial charge in [0.05, 0.1) is 5.69 Å². The van der Waals surface area contributed by atoms with E-state index in [0.717, 1.165) is 11.8 Å². The molecule has 94 valence electrons. The second-order valence-electron chi connectivity index (χ2n) is 4.44. The van der Waals surface area contributed by atoms with Crippen molar-refractivity contribution in [2.75, 3.05) is 14.1 Å². The molecule has 2 aromatic rings. The van der Waals surface area contributed by atoms with Crippen molar-refractivity contribution < 1.29 is 9.18 Å². The molecule has 0 radical (unpaired) electrons. The summed E-state index contributed by atoms with van der Waals surface area (Å²) in [6.45, 7) is 1.68. The van der Waals surface area contributed by atoms with E-state index in [2.05, 4.69) is 4.98 Å². The fraction of sp³-hybridized carbons (Fsp3) is 0.214. The number of H-pyrrole nitrogens is 1. The van der Waals surface area contributed by atoms with Crippen molar-refractivity contribution in [2.24, 2.45) is 0 Å². The van der Waals surface area contributed by atoms with Crippen LogP contribution in [0.2, 0.25) is 0 Å². The normalized spacial score (nSPS) is 11.3. The number of rotatable bonds is 3. The minimum absolute atomic E-state index is 0.298. The van der Waals surface area contributed by atoms with Crippen LogP contribution in [0, 0.1) is 12.7 Å². The van der Waals surface area contributed by atoms with Gasteiger partial charge >= 0.3 is 0 Å². The van der Waals surface area contributed by atoms with E-state index in [1.807, 2.05) is 25.2 Å². The Hall–Kier alpha value is -2.10. The maximum atomic E-state index is 13.5. The van der Waals surface area contributed by atoms with Gasteiger partial charge in [-0.1, -0.05) is 0 Å². The molecule has 0 aliphatic carbocycles. The van der Waals surface area contributed by atoms with Crippen molar-refractivity contribution >= 4 is 23.3 Å². The number of hydrogen-bond donors (Lipinski definition) is 1. The molecule has 18 heavy (non-hydrogen) atoms. The topological polar surface area (TPSA) is 36.1 Å². The van der Waals surface area contributed by atoms with Crippen molar-refractivity contribution in [3.63, 3.8) is 0 Å². The summed E-state index contributed by atoms with van der Waals surface area (Å²) in [5.74, 6) is -0.298. The number of aldehydes is 1. The molecule has 0 unspecified atom stereocenters. The molecule has 1 aromatic carbocycles. The lowest BCUT2D eigenvalue weighted by Gasteiger charge is -2.02. The van der Waals surface area contributed by atoms with Gasteiger partial charge in [0.1, 0.15) is 5.82 Å². The molecule has 0 fully saturated rings. The number of benzene rings is 1. The number of nitrogens with one attached hydrogen (secondary N) is 1. The first-order chi connectivity index (χ1) is 8.54. The summed E-state index contributed by atoms with van der Waals surface area (Å²) in [6, 6.07) is 3.06. The second-order valence-corrected chi connectivity index (χ2v) is 4.44. The van der Waals surface area contributed by atoms with E-state index < -0.39 is 0 Å². The van der Waals surface area contributed by atoms with Crippen LogP contribution in [0.4, 0.5) is 4.39 Å². The number of fused-ring (bicyclic) bond motifs is 1. The molecule has 1 heterocycles. The number of aromatic amines is 1. The van der Waals surface area contributed by atoms with Gasteiger partial charge in [-0.25, -0.2) is 4.39 Å². The van der Waals surface area contributed by atoms with Crippen LogP contribution in [-0.4, -0.2) is 30.3 Å². The molecule has 0 spiro atoms. The molecule has 0 bridgehead atoms. The Kier molecular flexibility index (Phi) is 3.19. The van der Waals surface area contributed by atoms with Gasteiger partial charge in [-0.2, -0.15) is 0 Å². The van der Waals surface area contributed by atoms with Crippen LogP contribution in [0.1, 0.15) is 21.6 Å². The van der Waals surface area contributed by atoms with E-state index in [4.69, 9.17) is 0 Å². The highest BCUT2D eigenvalue weighted by Gasteiger charge is 2.13. The number of carbonyl (C=O) groups excluding carboxylic acids is 1. The molecule has 3 nitrogen and oxygen atoms in total. The van der Waals surface area contributed by atoms with Crippen molar-refractivity contribution in [2.45, 2.75) is 6.92 Å². The Labute approximate surface area is 105 Å². The Balaban J connectivity index is 2.70. The first kappa shape index (κ1) is 12.4. The van der Waals surface area contributed by atoms with E-state index in [1.165, 1.54) is 6.07 Å². The zero-order chi connectivity index (χ0) is 13.3. The summed E-state index contributed by atoms with van der Waals surface area (Å²) >= 11 is 0. The number of aromatic nitrogens is 1. The molecule has 0 amide bonds. The lowest BCUT2D eigenvalue weighted by molar-refractivity contribution is 0.112. The largest absolute Gasteiger partial charge is 0.383 e. The van der Waals surface area contributed by atoms with Crippen LogP contribution in [0.3, 0.4) is 0 Å². The number of aryl methyl sites for hydroxylation is 1. The van der Waals surface area contributed by atoms with E-state index >= 15 is 0 Å². The monoisotopic (exact) mass is 246 g/mol. The van der Waals surface area contributed by atoms with Gasteiger partial charge in [-0.05, 0) is 30.7 Å². The van der Waals surface area contributed by atoms with Gasteiger partial charge < -0.3 is 9.88 Å². The van der Waals surface area contributed by atoms with Gasteiger partial charge in [0.25, 0.3) is 0 Å². The Morgan fingerprint density at radius 2 is 2.06 bits per heavy atom. The van der Waals surface area contributed by atoms with Gasteiger partial charge in [-0.15, -0.1) is 0 Å². The standard InChI is InChI=1S/C14H15FN2O/c1-9-11(15)4-5-13-14(9)10(8-18)12(16-13)6-7-17(2)3/h4-8,16H,1-3H3/b7-6+. The quantitative estimate of drug-likeness (QED) is 0.845. The molecule has 1 N–H and O–H groups in total. The molecule has 0 aliphatic heterocycles. The predicted molar refractivity (Wildman–Crippen MR) is 71.1 cm³/mol. The SMILES string of the molecule is Cc1c(F)ccc2[nH]c(/C=C/N(C)C)c(C=O)c12. The molecule has 0 atom stereocenters. The highest BCUT2D eigenvalue weighted by atomic mass is 19.1. The maximum Gasteiger partial charge on any atom is 0.152 e. The van der Waals surface area contributed by atoms with E-state index in [1.54, 1.807) is 19.1 Å². The van der Waals surface area contributed by atoms with Crippen LogP contribution >= 0.6 is 0 Å². The van der Waals surface area contributed by atoms with Crippen molar-refractivity contribution in [3.8, 4) is 0 Å². The van der Waals surface area contributed by atoms with Gasteiger partial charge in [0, 0.05) is 36.8 Å². The minimum Gasteiger partial charge on any atom is -0.383 e. The first-order valence-corrected chi connectivity index (χ1v) is 5.65. The van der Waals surface area contributed by atoms with Gasteiger partial charge in [0.15, 0.2) is 6.29 Å². The Morgan fingerprint density at radius 1 is 1.33 bits per heavy atom. The summed E-state index contributed by atoms with van der Waals surface area (Å²) in [7, 11) is 3.79. The molecule has 0 saturated carbocycles. The molecule has 2 rings (SSSR count). The maximum absolute atomic E-state index is 13.5. The average molecular weight is 246 g/mol. The Bertz CT molecular complexity index is 626. The smallest absolute Gasteiger partial charge is 0.152 e. The van der Waals surface area contributed by atoms with E-state index in [9.17, 15) is 9.18 Å². The van der Waals surface area contributed by atoms with E-state index in [-0.39, 0.29) is 5.82 Å². The number of halogens is 1. The van der Waals surface area contributed by atoms with E-state index in [0.29, 0.717) is 22.2 Å². The third kappa shape index (κ3) is 2.01. The number of carbonyl (C=O) groups is 1. The van der Waals surface area contributed by atoms with Crippen LogP contribution in [0.25, 0.3) is 17.0 Å². The summed E-state index contributed by atoms with van der Waals surface area (Å²) in [6.07, 6.45) is 4.41. The fourth-order valence-corrected chi connectivity index (χ4v) is 1.96. The van der Waals surface area contributed by atoms with Crippen LogP contribution in [-0.2, 0) is 0 Å². The molecule has 0 aliphatic rings. The zero-order valence-corrected chi connectivity index (χ0v) is 10.6. The zero-order valence-electron chi connectivity index (χ0n) is 10.6. The molecule has 1 aromatic heterocycles. The lowest BCUT2D eigenvalue weighted by atomic mass is 10.1. The summed E-state index contributed by atoms with van der Waals surface area (Å²) in [5, 5.41) is 0.656. The lowest BCUT2D eigenvalue weighted by Crippen LogP contribution is -1.99. The van der Waals surface area contributed by atoms with Gasteiger partial charge in [0.2, 0.25) is 0 Å². The summed E-state index contributed by atoms with van der Waals surface area (Å²) in [5.41, 5.74) is 2.47. The van der Waals surface area contributed by atoms with Crippen LogP contribution < -0.4 is 0 Å². The summed E-state index contributed by atoms with van der Waals surface area (Å²) < 4.78 is 13.5. The number of nitrogens with zero attached hydrogens (tertiary/aromatic N) is 1. The third-order valence-corrected chi connectivity index (χ3v) is 2.88. The average Bonchev–Trinajstić information content (AvgIpc) is 2.69. The molecular formula is C14H15FN2O. The highest BCUT2D eigenvalue weighted by Crippen LogP contribution is 2.27. The first-order valence-electron chi connectivity index (χ1n) is 5.65. The van der Waals surface area contributed by atoms with Gasteiger partial charge in [-0.3, -0.25) is 4.79 Å². The van der Waals surface area contributed by atoms with Crippen molar-refractivity contribution in [1.29, 1.82) is 0 Å². The summed E-state index contributed by atoms with van der Waals surface area (Å²) in [4.78, 5) is 16.2. The predicted octanol–water partition coefficient (Wildman–Crippen LogP) is 2.96. The van der Waals surface area contributed by atoms with Crippen LogP contribution in [0.5, 0.6) is 0 Å². The second kappa shape index (κ2) is 4.64. The van der Waals surface area contributed by atoms with Crippen molar-refractivity contribution in [1.82, 2.24) is 9.88 Å². The minimum atomic E-state index is -0.298. The van der Waals surface area contributed by atoms with Crippen LogP contribution in [0.15, 0.2) is 18.3 Å². The fourth-order valence-electron chi connectivity index (χ4n) is 1.96. The Morgan fingerprint density at radius 3 is 2.67 bits per heavy atom. The number of hydrogen-bond acceptors (Lipinski definition) is 2. The molecule has 0 saturated heterocycles.